The lowest BCUT2D eigenvalue weighted by molar-refractivity contribution is -0.384. The standard InChI is InChI=1S/C11H13N3O4/c1-7-2-3-8(14(17)18)6-9(7)11(16)13-5-4-10(12)15/h2-3,6H,4-5H2,1H3,(H2,12,15)(H,13,16). The zero-order valence-electron chi connectivity index (χ0n) is 9.80. The first-order valence-electron chi connectivity index (χ1n) is 5.23. The van der Waals surface area contributed by atoms with Gasteiger partial charge in [0, 0.05) is 30.7 Å². The molecule has 1 aromatic rings. The quantitative estimate of drug-likeness (QED) is 0.585. The van der Waals surface area contributed by atoms with Crippen molar-refractivity contribution in [1.29, 1.82) is 0 Å². The van der Waals surface area contributed by atoms with Crippen LogP contribution in [-0.4, -0.2) is 23.3 Å². The fraction of sp³-hybridized carbons (Fsp3) is 0.273. The van der Waals surface area contributed by atoms with Crippen molar-refractivity contribution in [3.63, 3.8) is 0 Å². The van der Waals surface area contributed by atoms with E-state index in [9.17, 15) is 19.7 Å². The minimum Gasteiger partial charge on any atom is -0.370 e. The summed E-state index contributed by atoms with van der Waals surface area (Å²) in [4.78, 5) is 32.3. The lowest BCUT2D eigenvalue weighted by atomic mass is 10.1. The van der Waals surface area contributed by atoms with E-state index in [1.807, 2.05) is 0 Å². The summed E-state index contributed by atoms with van der Waals surface area (Å²) in [5, 5.41) is 13.1. The highest BCUT2D eigenvalue weighted by atomic mass is 16.6. The number of hydrogen-bond acceptors (Lipinski definition) is 4. The van der Waals surface area contributed by atoms with Gasteiger partial charge in [0.1, 0.15) is 0 Å². The Kier molecular flexibility index (Phi) is 4.36. The van der Waals surface area contributed by atoms with Crippen LogP contribution in [0.3, 0.4) is 0 Å². The topological polar surface area (TPSA) is 115 Å². The van der Waals surface area contributed by atoms with Crippen LogP contribution in [0.2, 0.25) is 0 Å². The number of hydrogen-bond donors (Lipinski definition) is 2. The van der Waals surface area contributed by atoms with Crippen LogP contribution in [-0.2, 0) is 4.79 Å². The lowest BCUT2D eigenvalue weighted by Crippen LogP contribution is -2.28. The van der Waals surface area contributed by atoms with Crippen LogP contribution in [0.1, 0.15) is 22.3 Å². The number of non-ortho nitro benzene ring substituents is 1. The van der Waals surface area contributed by atoms with E-state index in [0.717, 1.165) is 0 Å². The second kappa shape index (κ2) is 5.76. The largest absolute Gasteiger partial charge is 0.370 e. The van der Waals surface area contributed by atoms with Crippen molar-refractivity contribution in [3.05, 3.63) is 39.4 Å². The Morgan fingerprint density at radius 3 is 2.67 bits per heavy atom. The number of nitrogens with zero attached hydrogens (tertiary/aromatic N) is 1. The van der Waals surface area contributed by atoms with E-state index in [4.69, 9.17) is 5.73 Å². The van der Waals surface area contributed by atoms with Gasteiger partial charge in [-0.2, -0.15) is 0 Å². The summed E-state index contributed by atoms with van der Waals surface area (Å²) >= 11 is 0. The minimum atomic E-state index is -0.570. The van der Waals surface area contributed by atoms with Crippen molar-refractivity contribution in [2.45, 2.75) is 13.3 Å². The Balaban J connectivity index is 2.81. The molecule has 0 heterocycles. The molecule has 0 saturated carbocycles. The molecule has 2 amide bonds. The molecule has 1 rings (SSSR count). The van der Waals surface area contributed by atoms with E-state index in [2.05, 4.69) is 5.32 Å². The maximum atomic E-state index is 11.7. The number of nitro groups is 1. The molecular formula is C11H13N3O4. The molecule has 7 heteroatoms. The van der Waals surface area contributed by atoms with Gasteiger partial charge in [0.2, 0.25) is 5.91 Å². The molecule has 1 aromatic carbocycles. The fourth-order valence-electron chi connectivity index (χ4n) is 1.36. The number of nitrogens with two attached hydrogens (primary N) is 1. The zero-order chi connectivity index (χ0) is 13.7. The Labute approximate surface area is 103 Å². The van der Waals surface area contributed by atoms with Crippen LogP contribution in [0.4, 0.5) is 5.69 Å². The van der Waals surface area contributed by atoms with Gasteiger partial charge in [0.25, 0.3) is 11.6 Å². The Hall–Kier alpha value is -2.44. The number of amides is 2. The van der Waals surface area contributed by atoms with Crippen LogP contribution in [0.25, 0.3) is 0 Å². The van der Waals surface area contributed by atoms with Gasteiger partial charge in [-0.3, -0.25) is 19.7 Å². The second-order valence-electron chi connectivity index (χ2n) is 3.73. The summed E-state index contributed by atoms with van der Waals surface area (Å²) in [5.74, 6) is -0.983. The highest BCUT2D eigenvalue weighted by Gasteiger charge is 2.14. The average Bonchev–Trinajstić information content (AvgIpc) is 2.28. The molecular weight excluding hydrogens is 238 g/mol. The van der Waals surface area contributed by atoms with Crippen molar-refractivity contribution in [2.24, 2.45) is 5.73 Å². The van der Waals surface area contributed by atoms with Crippen molar-refractivity contribution in [2.75, 3.05) is 6.54 Å². The van der Waals surface area contributed by atoms with Gasteiger partial charge in [-0.1, -0.05) is 6.07 Å². The monoisotopic (exact) mass is 251 g/mol. The van der Waals surface area contributed by atoms with E-state index >= 15 is 0 Å². The molecule has 0 aliphatic carbocycles. The zero-order valence-corrected chi connectivity index (χ0v) is 9.80. The minimum absolute atomic E-state index is 0.0275. The first-order valence-corrected chi connectivity index (χ1v) is 5.23. The average molecular weight is 251 g/mol. The Bertz CT molecular complexity index is 499. The van der Waals surface area contributed by atoms with E-state index in [1.54, 1.807) is 6.92 Å². The number of carbonyl (C=O) groups is 2. The molecule has 0 saturated heterocycles. The third-order valence-electron chi connectivity index (χ3n) is 2.33. The van der Waals surface area contributed by atoms with Crippen molar-refractivity contribution >= 4 is 17.5 Å². The number of aryl methyl sites for hydroxylation is 1. The molecule has 7 nitrogen and oxygen atoms in total. The van der Waals surface area contributed by atoms with Crippen LogP contribution in [0, 0.1) is 17.0 Å². The number of nitrogens with one attached hydrogen (secondary N) is 1. The first kappa shape index (κ1) is 13.6. The van der Waals surface area contributed by atoms with Gasteiger partial charge >= 0.3 is 0 Å². The predicted octanol–water partition coefficient (Wildman–Crippen LogP) is 0.508. The summed E-state index contributed by atoms with van der Waals surface area (Å²) in [6, 6.07) is 4.03. The molecule has 0 aliphatic heterocycles. The SMILES string of the molecule is Cc1ccc([N+](=O)[O-])cc1C(=O)NCCC(N)=O. The molecule has 0 aromatic heterocycles. The van der Waals surface area contributed by atoms with E-state index in [1.165, 1.54) is 18.2 Å². The molecule has 0 atom stereocenters. The lowest BCUT2D eigenvalue weighted by Gasteiger charge is -2.06. The van der Waals surface area contributed by atoms with Crippen molar-refractivity contribution < 1.29 is 14.5 Å². The maximum Gasteiger partial charge on any atom is 0.270 e. The molecule has 0 spiro atoms. The van der Waals surface area contributed by atoms with E-state index in [0.29, 0.717) is 5.56 Å². The van der Waals surface area contributed by atoms with Gasteiger partial charge in [0.05, 0.1) is 4.92 Å². The van der Waals surface area contributed by atoms with Crippen LogP contribution < -0.4 is 11.1 Å². The van der Waals surface area contributed by atoms with Gasteiger partial charge in [0.15, 0.2) is 0 Å². The van der Waals surface area contributed by atoms with E-state index < -0.39 is 16.7 Å². The predicted molar refractivity (Wildman–Crippen MR) is 64.0 cm³/mol. The number of rotatable bonds is 5. The summed E-state index contributed by atoms with van der Waals surface area (Å²) in [7, 11) is 0. The Morgan fingerprint density at radius 1 is 1.44 bits per heavy atom. The van der Waals surface area contributed by atoms with Gasteiger partial charge in [-0.25, -0.2) is 0 Å². The molecule has 0 fully saturated rings. The molecule has 18 heavy (non-hydrogen) atoms. The number of carbonyl (C=O) groups excluding carboxylic acids is 2. The van der Waals surface area contributed by atoms with Crippen LogP contribution in [0.5, 0.6) is 0 Å². The van der Waals surface area contributed by atoms with E-state index in [-0.39, 0.29) is 24.2 Å². The third kappa shape index (κ3) is 3.55. The molecule has 0 unspecified atom stereocenters. The molecule has 0 bridgehead atoms. The highest BCUT2D eigenvalue weighted by Crippen LogP contribution is 2.17. The summed E-state index contributed by atoms with van der Waals surface area (Å²) in [5.41, 5.74) is 5.62. The van der Waals surface area contributed by atoms with Gasteiger partial charge in [-0.05, 0) is 12.5 Å². The fourth-order valence-corrected chi connectivity index (χ4v) is 1.36. The normalized spacial score (nSPS) is 9.83. The Morgan fingerprint density at radius 2 is 2.11 bits per heavy atom. The van der Waals surface area contributed by atoms with Gasteiger partial charge in [-0.15, -0.1) is 0 Å². The molecule has 96 valence electrons. The molecule has 3 N–H and O–H groups in total. The number of benzene rings is 1. The number of primary amides is 1. The van der Waals surface area contributed by atoms with Crippen molar-refractivity contribution in [1.82, 2.24) is 5.32 Å². The highest BCUT2D eigenvalue weighted by molar-refractivity contribution is 5.96. The summed E-state index contributed by atoms with van der Waals surface area (Å²) in [6.45, 7) is 1.78. The summed E-state index contributed by atoms with van der Waals surface area (Å²) in [6.07, 6.45) is 0.0275. The van der Waals surface area contributed by atoms with Crippen LogP contribution >= 0.6 is 0 Å². The van der Waals surface area contributed by atoms with Gasteiger partial charge < -0.3 is 11.1 Å². The summed E-state index contributed by atoms with van der Waals surface area (Å²) < 4.78 is 0. The number of nitro benzene ring substituents is 1. The van der Waals surface area contributed by atoms with Crippen molar-refractivity contribution in [3.8, 4) is 0 Å². The third-order valence-corrected chi connectivity index (χ3v) is 2.33. The second-order valence-corrected chi connectivity index (χ2v) is 3.73. The molecule has 0 radical (unpaired) electrons. The first-order chi connectivity index (χ1) is 8.41. The molecule has 0 aliphatic rings. The maximum absolute atomic E-state index is 11.7. The van der Waals surface area contributed by atoms with Crippen LogP contribution in [0.15, 0.2) is 18.2 Å². The smallest absolute Gasteiger partial charge is 0.270 e.